The molecular formula is C21H29NO3. The summed E-state index contributed by atoms with van der Waals surface area (Å²) in [5.74, 6) is 0.852. The van der Waals surface area contributed by atoms with Crippen LogP contribution >= 0.6 is 0 Å². The molecule has 2 atom stereocenters. The van der Waals surface area contributed by atoms with Gasteiger partial charge in [0.15, 0.2) is 5.78 Å². The monoisotopic (exact) mass is 343 g/mol. The van der Waals surface area contributed by atoms with Gasteiger partial charge in [-0.15, -0.1) is 0 Å². The maximum Gasteiger partial charge on any atom is 0.220 e. The smallest absolute Gasteiger partial charge is 0.220 e. The van der Waals surface area contributed by atoms with Gasteiger partial charge in [-0.3, -0.25) is 9.59 Å². The fourth-order valence-corrected chi connectivity index (χ4v) is 3.69. The number of ketones is 1. The van der Waals surface area contributed by atoms with E-state index in [0.717, 1.165) is 19.4 Å². The highest BCUT2D eigenvalue weighted by atomic mass is 16.5. The molecule has 1 aliphatic carbocycles. The summed E-state index contributed by atoms with van der Waals surface area (Å²) < 4.78 is 5.82. The summed E-state index contributed by atoms with van der Waals surface area (Å²) in [6.07, 6.45) is 5.42. The van der Waals surface area contributed by atoms with E-state index in [1.54, 1.807) is 0 Å². The first-order chi connectivity index (χ1) is 11.9. The molecule has 1 aromatic rings. The second-order valence-corrected chi connectivity index (χ2v) is 8.34. The fraction of sp³-hybridized carbons (Fsp3) is 0.619. The number of carbonyl (C=O) groups excluding carboxylic acids is 2. The van der Waals surface area contributed by atoms with Crippen molar-refractivity contribution >= 4 is 11.7 Å². The molecule has 1 aromatic carbocycles. The number of benzene rings is 1. The van der Waals surface area contributed by atoms with Crippen molar-refractivity contribution in [3.63, 3.8) is 0 Å². The van der Waals surface area contributed by atoms with E-state index in [0.29, 0.717) is 30.4 Å². The summed E-state index contributed by atoms with van der Waals surface area (Å²) in [6, 6.07) is 9.52. The molecule has 0 bridgehead atoms. The van der Waals surface area contributed by atoms with Crippen molar-refractivity contribution < 1.29 is 14.3 Å². The summed E-state index contributed by atoms with van der Waals surface area (Å²) in [6.45, 7) is 4.72. The van der Waals surface area contributed by atoms with Crippen molar-refractivity contribution in [1.82, 2.24) is 5.32 Å². The summed E-state index contributed by atoms with van der Waals surface area (Å²) in [4.78, 5) is 24.9. The van der Waals surface area contributed by atoms with Crippen LogP contribution in [-0.2, 0) is 9.53 Å². The average molecular weight is 343 g/mol. The molecule has 3 rings (SSSR count). The molecular weight excluding hydrogens is 314 g/mol. The van der Waals surface area contributed by atoms with Gasteiger partial charge >= 0.3 is 0 Å². The molecule has 25 heavy (non-hydrogen) atoms. The second kappa shape index (κ2) is 7.69. The van der Waals surface area contributed by atoms with Gasteiger partial charge in [-0.2, -0.15) is 0 Å². The number of rotatable bonds is 7. The van der Waals surface area contributed by atoms with Crippen LogP contribution in [0.3, 0.4) is 0 Å². The Balaban J connectivity index is 1.48. The molecule has 0 aromatic heterocycles. The number of hydrogen-bond acceptors (Lipinski definition) is 3. The highest BCUT2D eigenvalue weighted by Gasteiger charge is 2.36. The van der Waals surface area contributed by atoms with Gasteiger partial charge in [-0.25, -0.2) is 0 Å². The molecule has 1 heterocycles. The van der Waals surface area contributed by atoms with Gasteiger partial charge < -0.3 is 10.1 Å². The standard InChI is InChI=1S/C21H29NO3/c1-21(2,13-18(23)15-6-4-3-5-7-15)14-20(24)22-17-10-11-25-19(12-17)16-8-9-16/h3-7,16-17,19H,8-14H2,1-2H3,(H,22,24). The summed E-state index contributed by atoms with van der Waals surface area (Å²) in [7, 11) is 0. The SMILES string of the molecule is CC(C)(CC(=O)NC1CCOC(C2CC2)C1)CC(=O)c1ccccc1. The van der Waals surface area contributed by atoms with Crippen LogP contribution < -0.4 is 5.32 Å². The lowest BCUT2D eigenvalue weighted by atomic mass is 9.82. The van der Waals surface area contributed by atoms with E-state index in [9.17, 15) is 9.59 Å². The molecule has 0 radical (unpaired) electrons. The van der Waals surface area contributed by atoms with Crippen LogP contribution in [0.2, 0.25) is 0 Å². The number of Topliss-reactive ketones (excluding diaryl/α,β-unsaturated/α-hetero) is 1. The normalized spacial score (nSPS) is 23.9. The lowest BCUT2D eigenvalue weighted by Crippen LogP contribution is -2.43. The van der Waals surface area contributed by atoms with Crippen LogP contribution in [0.15, 0.2) is 30.3 Å². The van der Waals surface area contributed by atoms with Crippen molar-refractivity contribution in [3.8, 4) is 0 Å². The Morgan fingerprint density at radius 2 is 1.84 bits per heavy atom. The van der Waals surface area contributed by atoms with Gasteiger partial charge in [0.05, 0.1) is 6.10 Å². The summed E-state index contributed by atoms with van der Waals surface area (Å²) in [5, 5.41) is 3.17. The van der Waals surface area contributed by atoms with Crippen LogP contribution in [0.1, 0.15) is 62.7 Å². The number of carbonyl (C=O) groups is 2. The topological polar surface area (TPSA) is 55.4 Å². The van der Waals surface area contributed by atoms with Crippen LogP contribution in [0, 0.1) is 11.3 Å². The zero-order valence-corrected chi connectivity index (χ0v) is 15.3. The Morgan fingerprint density at radius 3 is 2.52 bits per heavy atom. The van der Waals surface area contributed by atoms with Gasteiger partial charge in [-0.1, -0.05) is 44.2 Å². The third-order valence-corrected chi connectivity index (χ3v) is 5.20. The molecule has 1 N–H and O–H groups in total. The third kappa shape index (κ3) is 5.40. The fourth-order valence-electron chi connectivity index (χ4n) is 3.69. The van der Waals surface area contributed by atoms with Crippen LogP contribution in [0.5, 0.6) is 0 Å². The van der Waals surface area contributed by atoms with Crippen molar-refractivity contribution in [1.29, 1.82) is 0 Å². The Bertz CT molecular complexity index is 607. The lowest BCUT2D eigenvalue weighted by Gasteiger charge is -2.31. The minimum Gasteiger partial charge on any atom is -0.378 e. The van der Waals surface area contributed by atoms with Gasteiger partial charge in [0.2, 0.25) is 5.91 Å². The van der Waals surface area contributed by atoms with Crippen molar-refractivity contribution in [2.75, 3.05) is 6.61 Å². The summed E-state index contributed by atoms with van der Waals surface area (Å²) >= 11 is 0. The molecule has 1 amide bonds. The molecule has 4 heteroatoms. The van der Waals surface area contributed by atoms with E-state index in [-0.39, 0.29) is 23.1 Å². The van der Waals surface area contributed by atoms with Gasteiger partial charge in [0.25, 0.3) is 0 Å². The molecule has 1 aliphatic heterocycles. The Morgan fingerprint density at radius 1 is 1.12 bits per heavy atom. The predicted molar refractivity (Wildman–Crippen MR) is 97.4 cm³/mol. The number of amides is 1. The molecule has 1 saturated heterocycles. The number of ether oxygens (including phenoxy) is 1. The molecule has 2 aliphatic rings. The maximum atomic E-state index is 12.5. The molecule has 0 spiro atoms. The van der Waals surface area contributed by atoms with E-state index in [1.165, 1.54) is 12.8 Å². The number of nitrogens with one attached hydrogen (secondary N) is 1. The first kappa shape index (κ1) is 18.1. The second-order valence-electron chi connectivity index (χ2n) is 8.34. The lowest BCUT2D eigenvalue weighted by molar-refractivity contribution is -0.124. The molecule has 2 unspecified atom stereocenters. The van der Waals surface area contributed by atoms with E-state index in [2.05, 4.69) is 5.32 Å². The summed E-state index contributed by atoms with van der Waals surface area (Å²) in [5.41, 5.74) is 0.366. The van der Waals surface area contributed by atoms with Crippen LogP contribution in [0.4, 0.5) is 0 Å². The van der Waals surface area contributed by atoms with Crippen molar-refractivity contribution in [2.45, 2.75) is 64.5 Å². The quantitative estimate of drug-likeness (QED) is 0.767. The highest BCUT2D eigenvalue weighted by Crippen LogP contribution is 2.38. The van der Waals surface area contributed by atoms with Crippen LogP contribution in [0.25, 0.3) is 0 Å². The molecule has 1 saturated carbocycles. The zero-order chi connectivity index (χ0) is 17.9. The van der Waals surface area contributed by atoms with Gasteiger partial charge in [0.1, 0.15) is 0 Å². The first-order valence-corrected chi connectivity index (χ1v) is 9.42. The predicted octanol–water partition coefficient (Wildman–Crippen LogP) is 3.75. The Hall–Kier alpha value is -1.68. The first-order valence-electron chi connectivity index (χ1n) is 9.42. The molecule has 136 valence electrons. The minimum absolute atomic E-state index is 0.0484. The largest absolute Gasteiger partial charge is 0.378 e. The Labute approximate surface area is 150 Å². The van der Waals surface area contributed by atoms with E-state index in [1.807, 2.05) is 44.2 Å². The van der Waals surface area contributed by atoms with Crippen molar-refractivity contribution in [2.24, 2.45) is 11.3 Å². The highest BCUT2D eigenvalue weighted by molar-refractivity contribution is 5.96. The Kier molecular flexibility index (Phi) is 5.57. The van der Waals surface area contributed by atoms with Crippen molar-refractivity contribution in [3.05, 3.63) is 35.9 Å². The zero-order valence-electron chi connectivity index (χ0n) is 15.3. The van der Waals surface area contributed by atoms with Gasteiger partial charge in [0, 0.05) is 31.1 Å². The van der Waals surface area contributed by atoms with E-state index >= 15 is 0 Å². The third-order valence-electron chi connectivity index (χ3n) is 5.20. The van der Waals surface area contributed by atoms with Gasteiger partial charge in [-0.05, 0) is 37.0 Å². The van der Waals surface area contributed by atoms with Crippen LogP contribution in [-0.4, -0.2) is 30.4 Å². The minimum atomic E-state index is -0.349. The maximum absolute atomic E-state index is 12.5. The average Bonchev–Trinajstić information content (AvgIpc) is 3.39. The number of hydrogen-bond donors (Lipinski definition) is 1. The van der Waals surface area contributed by atoms with E-state index < -0.39 is 0 Å². The molecule has 4 nitrogen and oxygen atoms in total. The molecule has 2 fully saturated rings. The van der Waals surface area contributed by atoms with E-state index in [4.69, 9.17) is 4.74 Å².